The van der Waals surface area contributed by atoms with Crippen LogP contribution in [0.5, 0.6) is 0 Å². The molecule has 1 saturated heterocycles. The summed E-state index contributed by atoms with van der Waals surface area (Å²) in [5, 5.41) is 3.64. The van der Waals surface area contributed by atoms with Crippen LogP contribution in [0.4, 0.5) is 0 Å². The Morgan fingerprint density at radius 2 is 2.10 bits per heavy atom. The second-order valence-corrected chi connectivity index (χ2v) is 5.86. The molecule has 1 heterocycles. The average Bonchev–Trinajstić information content (AvgIpc) is 2.49. The second kappa shape index (κ2) is 9.15. The van der Waals surface area contributed by atoms with Crippen molar-refractivity contribution in [2.75, 3.05) is 13.2 Å². The minimum atomic E-state index is 0.490. The third-order valence-corrected chi connectivity index (χ3v) is 4.18. The highest BCUT2D eigenvalue weighted by atomic mass is 16.5. The summed E-state index contributed by atoms with van der Waals surface area (Å²) in [4.78, 5) is 0. The van der Waals surface area contributed by atoms with Crippen molar-refractivity contribution in [1.29, 1.82) is 0 Å². The van der Waals surface area contributed by atoms with Crippen LogP contribution >= 0.6 is 0 Å². The molecule has 1 aliphatic rings. The zero-order chi connectivity index (χ0) is 14.0. The third-order valence-electron chi connectivity index (χ3n) is 4.18. The first kappa shape index (κ1) is 15.5. The number of hydrogen-bond acceptors (Lipinski definition) is 2. The Morgan fingerprint density at radius 3 is 2.80 bits per heavy atom. The van der Waals surface area contributed by atoms with Crippen molar-refractivity contribution in [3.05, 3.63) is 35.9 Å². The molecule has 1 fully saturated rings. The lowest BCUT2D eigenvalue weighted by atomic mass is 9.97. The number of benzene rings is 1. The van der Waals surface area contributed by atoms with Gasteiger partial charge in [-0.05, 0) is 57.1 Å². The monoisotopic (exact) mass is 275 g/mol. The minimum absolute atomic E-state index is 0.490. The molecule has 2 unspecified atom stereocenters. The van der Waals surface area contributed by atoms with E-state index in [0.29, 0.717) is 12.1 Å². The number of hydrogen-bond donors (Lipinski definition) is 1. The van der Waals surface area contributed by atoms with Gasteiger partial charge in [-0.3, -0.25) is 0 Å². The molecule has 1 aromatic carbocycles. The van der Waals surface area contributed by atoms with Gasteiger partial charge in [-0.1, -0.05) is 37.3 Å². The first-order valence-corrected chi connectivity index (χ1v) is 8.27. The molecular weight excluding hydrogens is 246 g/mol. The van der Waals surface area contributed by atoms with Gasteiger partial charge in [0.2, 0.25) is 0 Å². The van der Waals surface area contributed by atoms with E-state index in [2.05, 4.69) is 42.6 Å². The van der Waals surface area contributed by atoms with Gasteiger partial charge in [0.05, 0.1) is 6.10 Å². The van der Waals surface area contributed by atoms with Crippen LogP contribution in [0.2, 0.25) is 0 Å². The smallest absolute Gasteiger partial charge is 0.0590 e. The second-order valence-electron chi connectivity index (χ2n) is 5.86. The van der Waals surface area contributed by atoms with Crippen molar-refractivity contribution >= 4 is 0 Å². The average molecular weight is 275 g/mol. The fourth-order valence-corrected chi connectivity index (χ4v) is 3.10. The summed E-state index contributed by atoms with van der Waals surface area (Å²) in [5.74, 6) is 0. The van der Waals surface area contributed by atoms with Crippen LogP contribution in [0.25, 0.3) is 0 Å². The largest absolute Gasteiger partial charge is 0.378 e. The van der Waals surface area contributed by atoms with E-state index in [-0.39, 0.29) is 0 Å². The first-order chi connectivity index (χ1) is 9.88. The summed E-state index contributed by atoms with van der Waals surface area (Å²) in [5.41, 5.74) is 1.46. The van der Waals surface area contributed by atoms with Gasteiger partial charge >= 0.3 is 0 Å². The van der Waals surface area contributed by atoms with Crippen molar-refractivity contribution in [3.8, 4) is 0 Å². The quantitative estimate of drug-likeness (QED) is 0.775. The van der Waals surface area contributed by atoms with Crippen molar-refractivity contribution < 1.29 is 4.74 Å². The van der Waals surface area contributed by atoms with Crippen LogP contribution in [0.3, 0.4) is 0 Å². The molecule has 0 aromatic heterocycles. The summed E-state index contributed by atoms with van der Waals surface area (Å²) < 4.78 is 5.88. The van der Waals surface area contributed by atoms with Gasteiger partial charge in [0, 0.05) is 12.6 Å². The van der Waals surface area contributed by atoms with E-state index >= 15 is 0 Å². The van der Waals surface area contributed by atoms with Crippen molar-refractivity contribution in [2.24, 2.45) is 0 Å². The molecule has 1 aromatic rings. The number of rotatable bonds is 8. The molecule has 2 atom stereocenters. The topological polar surface area (TPSA) is 21.3 Å². The molecule has 2 nitrogen and oxygen atoms in total. The highest BCUT2D eigenvalue weighted by Crippen LogP contribution is 2.19. The van der Waals surface area contributed by atoms with Crippen LogP contribution in [-0.2, 0) is 11.2 Å². The maximum absolute atomic E-state index is 5.88. The summed E-state index contributed by atoms with van der Waals surface area (Å²) >= 11 is 0. The van der Waals surface area contributed by atoms with Gasteiger partial charge in [-0.2, -0.15) is 0 Å². The summed E-state index contributed by atoms with van der Waals surface area (Å²) in [6.45, 7) is 4.22. The Hall–Kier alpha value is -0.860. The van der Waals surface area contributed by atoms with Crippen LogP contribution < -0.4 is 5.32 Å². The number of ether oxygens (including phenoxy) is 1. The van der Waals surface area contributed by atoms with Crippen molar-refractivity contribution in [1.82, 2.24) is 5.32 Å². The maximum Gasteiger partial charge on any atom is 0.0590 e. The molecule has 0 radical (unpaired) electrons. The van der Waals surface area contributed by atoms with E-state index < -0.39 is 0 Å². The van der Waals surface area contributed by atoms with Gasteiger partial charge < -0.3 is 10.1 Å². The van der Waals surface area contributed by atoms with E-state index in [9.17, 15) is 0 Å². The fraction of sp³-hybridized carbons (Fsp3) is 0.667. The third kappa shape index (κ3) is 5.64. The predicted molar refractivity (Wildman–Crippen MR) is 85.1 cm³/mol. The Morgan fingerprint density at radius 1 is 1.25 bits per heavy atom. The number of aryl methyl sites for hydroxylation is 1. The van der Waals surface area contributed by atoms with Crippen LogP contribution in [0, 0.1) is 0 Å². The van der Waals surface area contributed by atoms with Crippen LogP contribution in [-0.4, -0.2) is 25.3 Å². The summed E-state index contributed by atoms with van der Waals surface area (Å²) in [7, 11) is 0. The molecule has 2 rings (SSSR count). The first-order valence-electron chi connectivity index (χ1n) is 8.27. The van der Waals surface area contributed by atoms with E-state index in [1.165, 1.54) is 50.5 Å². The van der Waals surface area contributed by atoms with E-state index in [1.54, 1.807) is 0 Å². The van der Waals surface area contributed by atoms with Crippen molar-refractivity contribution in [2.45, 2.75) is 64.0 Å². The van der Waals surface area contributed by atoms with Crippen molar-refractivity contribution in [3.63, 3.8) is 0 Å². The molecule has 112 valence electrons. The van der Waals surface area contributed by atoms with E-state index in [4.69, 9.17) is 4.74 Å². The summed E-state index contributed by atoms with van der Waals surface area (Å²) in [6, 6.07) is 11.4. The lowest BCUT2D eigenvalue weighted by Gasteiger charge is -2.27. The Bertz CT molecular complexity index is 346. The van der Waals surface area contributed by atoms with Gasteiger partial charge in [-0.15, -0.1) is 0 Å². The highest BCUT2D eigenvalue weighted by Gasteiger charge is 2.18. The molecule has 0 aliphatic carbocycles. The molecule has 2 heteroatoms. The van der Waals surface area contributed by atoms with Crippen LogP contribution in [0.15, 0.2) is 30.3 Å². The molecule has 1 N–H and O–H groups in total. The molecule has 20 heavy (non-hydrogen) atoms. The van der Waals surface area contributed by atoms with Gasteiger partial charge in [0.25, 0.3) is 0 Å². The van der Waals surface area contributed by atoms with Gasteiger partial charge in [-0.25, -0.2) is 0 Å². The van der Waals surface area contributed by atoms with E-state index in [1.807, 2.05) is 0 Å². The molecular formula is C18H29NO. The predicted octanol–water partition coefficient (Wildman–Crippen LogP) is 3.95. The highest BCUT2D eigenvalue weighted by molar-refractivity contribution is 5.14. The van der Waals surface area contributed by atoms with Gasteiger partial charge in [0.1, 0.15) is 0 Å². The molecule has 0 saturated carbocycles. The normalized spacial score (nSPS) is 20.8. The summed E-state index contributed by atoms with van der Waals surface area (Å²) in [6.07, 6.45) is 9.21. The SMILES string of the molecule is CCNC(CCCc1ccccc1)CC1CCCCO1. The molecule has 1 aliphatic heterocycles. The zero-order valence-electron chi connectivity index (χ0n) is 12.8. The number of nitrogens with one attached hydrogen (secondary N) is 1. The van der Waals surface area contributed by atoms with E-state index in [0.717, 1.165) is 13.2 Å². The lowest BCUT2D eigenvalue weighted by Crippen LogP contribution is -2.34. The van der Waals surface area contributed by atoms with Crippen LogP contribution in [0.1, 0.15) is 51.0 Å². The standard InChI is InChI=1S/C18H29NO/c1-2-19-17(15-18-13-6-7-14-20-18)12-8-11-16-9-4-3-5-10-16/h3-5,9-10,17-19H,2,6-8,11-15H2,1H3. The minimum Gasteiger partial charge on any atom is -0.378 e. The Labute approximate surface area is 123 Å². The Balaban J connectivity index is 1.71. The molecule has 0 bridgehead atoms. The lowest BCUT2D eigenvalue weighted by molar-refractivity contribution is 0.00471. The fourth-order valence-electron chi connectivity index (χ4n) is 3.10. The zero-order valence-corrected chi connectivity index (χ0v) is 12.8. The molecule has 0 amide bonds. The van der Waals surface area contributed by atoms with Gasteiger partial charge in [0.15, 0.2) is 0 Å². The Kier molecular flexibility index (Phi) is 7.10. The maximum atomic E-state index is 5.88. The molecule has 0 spiro atoms.